The Morgan fingerprint density at radius 3 is 2.52 bits per heavy atom. The number of rotatable bonds is 3. The highest BCUT2D eigenvalue weighted by Gasteiger charge is 2.69. The zero-order valence-corrected chi connectivity index (χ0v) is 14.7. The van der Waals surface area contributed by atoms with Gasteiger partial charge in [0, 0.05) is 16.5 Å². The van der Waals surface area contributed by atoms with Crippen molar-refractivity contribution in [2.75, 3.05) is 0 Å². The quantitative estimate of drug-likeness (QED) is 0.288. The van der Waals surface area contributed by atoms with Gasteiger partial charge in [0.15, 0.2) is 11.6 Å². The van der Waals surface area contributed by atoms with Crippen LogP contribution < -0.4 is 5.73 Å². The molecule has 2 bridgehead atoms. The van der Waals surface area contributed by atoms with Crippen molar-refractivity contribution in [3.05, 3.63) is 34.3 Å². The lowest BCUT2D eigenvalue weighted by Gasteiger charge is -2.32. The van der Waals surface area contributed by atoms with Crippen LogP contribution in [0.3, 0.4) is 0 Å². The number of oxime groups is 1. The van der Waals surface area contributed by atoms with E-state index in [9.17, 15) is 9.59 Å². The van der Waals surface area contributed by atoms with Crippen LogP contribution in [0.1, 0.15) is 38.7 Å². The van der Waals surface area contributed by atoms with Crippen LogP contribution in [0.15, 0.2) is 33.9 Å². The van der Waals surface area contributed by atoms with Crippen LogP contribution >= 0.6 is 15.9 Å². The molecule has 0 saturated heterocycles. The van der Waals surface area contributed by atoms with Gasteiger partial charge in [-0.25, -0.2) is 4.79 Å². The maximum Gasteiger partial charge on any atom is 0.349 e. The maximum absolute atomic E-state index is 12.6. The van der Waals surface area contributed by atoms with Crippen molar-refractivity contribution in [2.45, 2.75) is 33.1 Å². The molecular formula is C17H19BrN2O3. The number of ketones is 1. The van der Waals surface area contributed by atoms with Crippen molar-refractivity contribution in [3.8, 4) is 0 Å². The molecule has 0 aromatic heterocycles. The van der Waals surface area contributed by atoms with Gasteiger partial charge in [-0.05, 0) is 36.3 Å². The number of fused-ring (bicyclic) bond motifs is 2. The summed E-state index contributed by atoms with van der Waals surface area (Å²) in [6.45, 7) is 3.94. The number of nitrogens with two attached hydrogens (primary N) is 1. The zero-order valence-electron chi connectivity index (χ0n) is 13.1. The van der Waals surface area contributed by atoms with Crippen molar-refractivity contribution in [2.24, 2.45) is 27.6 Å². The Morgan fingerprint density at radius 2 is 2.00 bits per heavy atom. The average Bonchev–Trinajstić information content (AvgIpc) is 2.88. The first kappa shape index (κ1) is 16.2. The fourth-order valence-corrected chi connectivity index (χ4v) is 4.26. The van der Waals surface area contributed by atoms with E-state index in [-0.39, 0.29) is 23.0 Å². The molecule has 2 atom stereocenters. The number of Topliss-reactive ketones (excluding diaryl/α,β-unsaturated/α-hetero) is 1. The van der Waals surface area contributed by atoms with Gasteiger partial charge in [-0.3, -0.25) is 4.79 Å². The second-order valence-corrected chi connectivity index (χ2v) is 7.77. The molecule has 1 aromatic carbocycles. The molecule has 122 valence electrons. The second kappa shape index (κ2) is 5.44. The predicted molar refractivity (Wildman–Crippen MR) is 89.5 cm³/mol. The fourth-order valence-electron chi connectivity index (χ4n) is 4.00. The van der Waals surface area contributed by atoms with Gasteiger partial charge in [0.2, 0.25) is 0 Å². The monoisotopic (exact) mass is 378 g/mol. The number of amidine groups is 1. The number of benzene rings is 1. The third kappa shape index (κ3) is 2.31. The van der Waals surface area contributed by atoms with Gasteiger partial charge in [0.1, 0.15) is 5.41 Å². The highest BCUT2D eigenvalue weighted by atomic mass is 79.9. The van der Waals surface area contributed by atoms with E-state index in [2.05, 4.69) is 21.1 Å². The van der Waals surface area contributed by atoms with Crippen molar-refractivity contribution in [1.82, 2.24) is 0 Å². The standard InChI is InChI=1S/C17H19BrN2O3/c1-16(2)11-7-8-17(16,13(21)9-11)15(22)23-20-14(19)10-3-5-12(18)6-4-10/h3-6,11H,7-9H2,1-2H3,(H2,19,20)/t11-,17+/m1/s1. The fraction of sp³-hybridized carbons (Fsp3) is 0.471. The van der Waals surface area contributed by atoms with Crippen LogP contribution in [0.2, 0.25) is 0 Å². The van der Waals surface area contributed by atoms with E-state index < -0.39 is 11.4 Å². The number of hydrogen-bond donors (Lipinski definition) is 1. The van der Waals surface area contributed by atoms with Crippen LogP contribution in [-0.4, -0.2) is 17.6 Å². The molecule has 2 saturated carbocycles. The first-order valence-electron chi connectivity index (χ1n) is 7.63. The Hall–Kier alpha value is -1.69. The van der Waals surface area contributed by atoms with Crippen LogP contribution in [-0.2, 0) is 14.4 Å². The van der Waals surface area contributed by atoms with Crippen LogP contribution in [0.5, 0.6) is 0 Å². The van der Waals surface area contributed by atoms with E-state index in [1.54, 1.807) is 12.1 Å². The molecule has 3 rings (SSSR count). The van der Waals surface area contributed by atoms with Gasteiger partial charge in [0.05, 0.1) is 0 Å². The lowest BCUT2D eigenvalue weighted by atomic mass is 9.69. The molecule has 6 heteroatoms. The molecule has 2 fully saturated rings. The van der Waals surface area contributed by atoms with Crippen molar-refractivity contribution < 1.29 is 14.4 Å². The normalized spacial score (nSPS) is 28.9. The van der Waals surface area contributed by atoms with Crippen LogP contribution in [0.4, 0.5) is 0 Å². The first-order chi connectivity index (χ1) is 10.8. The minimum Gasteiger partial charge on any atom is -0.380 e. The minimum absolute atomic E-state index is 0.0267. The molecule has 5 nitrogen and oxygen atoms in total. The smallest absolute Gasteiger partial charge is 0.349 e. The van der Waals surface area contributed by atoms with E-state index in [1.165, 1.54) is 0 Å². The summed E-state index contributed by atoms with van der Waals surface area (Å²) in [5.41, 5.74) is 5.06. The van der Waals surface area contributed by atoms with Gasteiger partial charge < -0.3 is 10.6 Å². The summed E-state index contributed by atoms with van der Waals surface area (Å²) in [4.78, 5) is 30.1. The average molecular weight is 379 g/mol. The molecule has 2 aliphatic carbocycles. The summed E-state index contributed by atoms with van der Waals surface area (Å²) in [5, 5.41) is 3.76. The number of hydrogen-bond acceptors (Lipinski definition) is 4. The summed E-state index contributed by atoms with van der Waals surface area (Å²) in [6.07, 6.45) is 1.86. The predicted octanol–water partition coefficient (Wildman–Crippen LogP) is 3.01. The summed E-state index contributed by atoms with van der Waals surface area (Å²) < 4.78 is 0.917. The SMILES string of the molecule is CC1(C)[C@@H]2CC[C@@]1(C(=O)O/N=C(\N)c1ccc(Br)cc1)C(=O)C2. The molecule has 0 spiro atoms. The number of carbonyl (C=O) groups is 2. The van der Waals surface area contributed by atoms with E-state index >= 15 is 0 Å². The molecule has 1 aromatic rings. The van der Waals surface area contributed by atoms with E-state index in [1.807, 2.05) is 26.0 Å². The highest BCUT2D eigenvalue weighted by molar-refractivity contribution is 9.10. The summed E-state index contributed by atoms with van der Waals surface area (Å²) >= 11 is 3.34. The first-order valence-corrected chi connectivity index (χ1v) is 8.42. The number of nitrogens with zero attached hydrogens (tertiary/aromatic N) is 1. The number of carbonyl (C=O) groups excluding carboxylic acids is 2. The largest absolute Gasteiger partial charge is 0.380 e. The topological polar surface area (TPSA) is 81.8 Å². The van der Waals surface area contributed by atoms with Gasteiger partial charge in [-0.15, -0.1) is 0 Å². The summed E-state index contributed by atoms with van der Waals surface area (Å²) in [6, 6.07) is 7.18. The van der Waals surface area contributed by atoms with E-state index in [4.69, 9.17) is 10.6 Å². The molecule has 0 unspecified atom stereocenters. The molecule has 2 aliphatic rings. The van der Waals surface area contributed by atoms with Crippen LogP contribution in [0, 0.1) is 16.7 Å². The maximum atomic E-state index is 12.6. The molecule has 23 heavy (non-hydrogen) atoms. The van der Waals surface area contributed by atoms with E-state index in [0.29, 0.717) is 18.4 Å². The Kier molecular flexibility index (Phi) is 3.83. The summed E-state index contributed by atoms with van der Waals surface area (Å²) in [7, 11) is 0. The number of halogens is 1. The van der Waals surface area contributed by atoms with Crippen molar-refractivity contribution >= 4 is 33.5 Å². The van der Waals surface area contributed by atoms with Crippen LogP contribution in [0.25, 0.3) is 0 Å². The zero-order chi connectivity index (χ0) is 16.8. The van der Waals surface area contributed by atoms with Gasteiger partial charge in [-0.1, -0.05) is 47.1 Å². The second-order valence-electron chi connectivity index (χ2n) is 6.85. The molecule has 2 N–H and O–H groups in total. The Bertz CT molecular complexity index is 696. The Balaban J connectivity index is 1.81. The Labute approximate surface area is 143 Å². The lowest BCUT2D eigenvalue weighted by molar-refractivity contribution is -0.164. The third-order valence-corrected chi connectivity index (χ3v) is 6.14. The van der Waals surface area contributed by atoms with Gasteiger partial charge in [0.25, 0.3) is 0 Å². The molecule has 0 radical (unpaired) electrons. The molecule has 0 heterocycles. The highest BCUT2D eigenvalue weighted by Crippen LogP contribution is 2.64. The van der Waals surface area contributed by atoms with Gasteiger partial charge in [-0.2, -0.15) is 0 Å². The van der Waals surface area contributed by atoms with Crippen molar-refractivity contribution in [1.29, 1.82) is 0 Å². The third-order valence-electron chi connectivity index (χ3n) is 5.61. The summed E-state index contributed by atoms with van der Waals surface area (Å²) in [5.74, 6) is -0.246. The van der Waals surface area contributed by atoms with Crippen molar-refractivity contribution in [3.63, 3.8) is 0 Å². The van der Waals surface area contributed by atoms with E-state index in [0.717, 1.165) is 10.9 Å². The molecular weight excluding hydrogens is 360 g/mol. The Morgan fingerprint density at radius 1 is 1.35 bits per heavy atom. The minimum atomic E-state index is -1.07. The lowest BCUT2D eigenvalue weighted by Crippen LogP contribution is -2.44. The molecule has 0 aliphatic heterocycles. The molecule has 0 amide bonds. The van der Waals surface area contributed by atoms with Gasteiger partial charge >= 0.3 is 5.97 Å².